The van der Waals surface area contributed by atoms with Crippen molar-refractivity contribution in [3.63, 3.8) is 0 Å². The molecule has 0 fully saturated rings. The molecule has 0 aromatic carbocycles. The van der Waals surface area contributed by atoms with E-state index in [1.807, 2.05) is 0 Å². The van der Waals surface area contributed by atoms with Gasteiger partial charge in [0, 0.05) is 0 Å². The van der Waals surface area contributed by atoms with Crippen LogP contribution in [0.25, 0.3) is 0 Å². The second-order valence-electron chi connectivity index (χ2n) is 0.513. The van der Waals surface area contributed by atoms with Crippen LogP contribution in [0.2, 0.25) is 0 Å². The molecule has 0 saturated heterocycles. The van der Waals surface area contributed by atoms with Crippen molar-refractivity contribution in [3.8, 4) is 0 Å². The predicted octanol–water partition coefficient (Wildman–Crippen LogP) is -1.09. The van der Waals surface area contributed by atoms with E-state index in [1.54, 1.807) is 0 Å². The molecule has 7 nitrogen and oxygen atoms in total. The Morgan fingerprint density at radius 3 is 0.889 bits per heavy atom. The summed E-state index contributed by atoms with van der Waals surface area (Å²) >= 11 is 0. The van der Waals surface area contributed by atoms with E-state index in [2.05, 4.69) is 0 Å². The first kappa shape index (κ1) is 32.4. The molecule has 0 spiro atoms. The molecule has 0 aliphatic rings. The molecular formula is H13N3NaO4P. The van der Waals surface area contributed by atoms with Crippen molar-refractivity contribution in [3.05, 3.63) is 0 Å². The average Bonchev–Trinajstić information content (AvgIpc) is 0.722. The molecule has 0 radical (unpaired) electrons. The molecule has 0 aromatic rings. The van der Waals surface area contributed by atoms with Crippen molar-refractivity contribution >= 4 is 37.4 Å². The fourth-order valence-electron chi connectivity index (χ4n) is 0. The molecule has 0 aliphatic heterocycles. The molecule has 0 aromatic heterocycles. The Morgan fingerprint density at radius 2 is 0.889 bits per heavy atom. The summed E-state index contributed by atoms with van der Waals surface area (Å²) in [6, 6.07) is 0. The van der Waals surface area contributed by atoms with Crippen molar-refractivity contribution < 1.29 is 19.2 Å². The van der Waals surface area contributed by atoms with Crippen LogP contribution in [0, 0.1) is 0 Å². The predicted molar refractivity (Wildman–Crippen MR) is 36.5 cm³/mol. The first-order chi connectivity index (χ1) is 2.00. The van der Waals surface area contributed by atoms with Gasteiger partial charge in [-0.15, -0.1) is 0 Å². The molecule has 0 bridgehead atoms. The van der Waals surface area contributed by atoms with Gasteiger partial charge in [0.05, 0.1) is 0 Å². The Bertz CT molecular complexity index is 61.9. The van der Waals surface area contributed by atoms with Crippen LogP contribution in [-0.4, -0.2) is 44.2 Å². The summed E-state index contributed by atoms with van der Waals surface area (Å²) < 4.78 is 8.88. The number of phosphoric acid groups is 1. The van der Waals surface area contributed by atoms with Gasteiger partial charge in [-0.1, -0.05) is 0 Å². The van der Waals surface area contributed by atoms with Crippen LogP contribution in [-0.2, 0) is 4.57 Å². The number of hydrogen-bond acceptors (Lipinski definition) is 4. The molecule has 0 amide bonds. The molecule has 0 unspecified atom stereocenters. The zero-order chi connectivity index (χ0) is 4.50. The van der Waals surface area contributed by atoms with Crippen molar-refractivity contribution in [1.29, 1.82) is 0 Å². The molecule has 9 heavy (non-hydrogen) atoms. The summed E-state index contributed by atoms with van der Waals surface area (Å²) in [6.45, 7) is 0. The van der Waals surface area contributed by atoms with Crippen LogP contribution < -0.4 is 18.5 Å². The quantitative estimate of drug-likeness (QED) is 0.198. The standard InChI is InChI=1S/3H3N.Na.H3O4P.H/c;;;;1-5(2,3)4;/h3*1H3;;(H3,1,2,3,4);. The van der Waals surface area contributed by atoms with Gasteiger partial charge in [0.15, 0.2) is 0 Å². The molecule has 0 saturated carbocycles. The monoisotopic (exact) mass is 173 g/mol. The second-order valence-corrected chi connectivity index (χ2v) is 1.54. The third kappa shape index (κ3) is 448. The Balaban J connectivity index is -0.0000000133. The molecule has 0 rings (SSSR count). The Kier molecular flexibility index (Phi) is 42.3. The maximum atomic E-state index is 8.88. The van der Waals surface area contributed by atoms with Gasteiger partial charge in [-0.25, -0.2) is 4.57 Å². The van der Waals surface area contributed by atoms with Crippen LogP contribution in [0.5, 0.6) is 0 Å². The van der Waals surface area contributed by atoms with Crippen molar-refractivity contribution in [2.45, 2.75) is 0 Å². The second kappa shape index (κ2) is 11.7. The molecular weight excluding hydrogens is 160 g/mol. The fraction of sp³-hybridized carbons (Fsp3) is 0. The first-order valence-corrected chi connectivity index (χ1v) is 2.35. The molecule has 0 atom stereocenters. The van der Waals surface area contributed by atoms with Crippen LogP contribution in [0.1, 0.15) is 0 Å². The van der Waals surface area contributed by atoms with E-state index >= 15 is 0 Å². The first-order valence-electron chi connectivity index (χ1n) is 0.783. The summed E-state index contributed by atoms with van der Waals surface area (Å²) in [5, 5.41) is 0. The summed E-state index contributed by atoms with van der Waals surface area (Å²) in [6.07, 6.45) is 0. The zero-order valence-electron chi connectivity index (χ0n) is 4.32. The van der Waals surface area contributed by atoms with Gasteiger partial charge in [-0.3, -0.25) is 0 Å². The molecule has 9 heteroatoms. The minimum absolute atomic E-state index is 0. The van der Waals surface area contributed by atoms with Crippen LogP contribution in [0.15, 0.2) is 0 Å². The summed E-state index contributed by atoms with van der Waals surface area (Å²) in [7, 11) is -4.64. The van der Waals surface area contributed by atoms with Gasteiger partial charge in [0.2, 0.25) is 0 Å². The zero-order valence-corrected chi connectivity index (χ0v) is 5.21. The van der Waals surface area contributed by atoms with E-state index in [1.165, 1.54) is 0 Å². The van der Waals surface area contributed by atoms with E-state index in [4.69, 9.17) is 19.2 Å². The average molecular weight is 173 g/mol. The van der Waals surface area contributed by atoms with Gasteiger partial charge in [-0.05, 0) is 0 Å². The topological polar surface area (TPSA) is 183 Å². The van der Waals surface area contributed by atoms with Crippen molar-refractivity contribution in [1.82, 2.24) is 18.5 Å². The third-order valence-electron chi connectivity index (χ3n) is 0. The van der Waals surface area contributed by atoms with E-state index in [-0.39, 0.29) is 48.0 Å². The van der Waals surface area contributed by atoms with Gasteiger partial charge in [0.25, 0.3) is 0 Å². The molecule has 0 heterocycles. The molecule has 12 N–H and O–H groups in total. The van der Waals surface area contributed by atoms with Gasteiger partial charge < -0.3 is 33.1 Å². The third-order valence-corrected chi connectivity index (χ3v) is 0. The van der Waals surface area contributed by atoms with Crippen LogP contribution in [0.3, 0.4) is 0 Å². The van der Waals surface area contributed by atoms with Crippen LogP contribution >= 0.6 is 7.82 Å². The van der Waals surface area contributed by atoms with Crippen LogP contribution in [0.4, 0.5) is 0 Å². The fourth-order valence-corrected chi connectivity index (χ4v) is 0. The number of hydrogen-bond donors (Lipinski definition) is 6. The summed E-state index contributed by atoms with van der Waals surface area (Å²) in [5.41, 5.74) is 0. The molecule has 58 valence electrons. The van der Waals surface area contributed by atoms with Crippen molar-refractivity contribution in [2.75, 3.05) is 0 Å². The normalized spacial score (nSPS) is 6.56. The van der Waals surface area contributed by atoms with Gasteiger partial charge in [-0.2, -0.15) is 0 Å². The van der Waals surface area contributed by atoms with E-state index < -0.39 is 7.82 Å². The Hall–Kier alpha value is 0.990. The van der Waals surface area contributed by atoms with E-state index in [0.717, 1.165) is 0 Å². The van der Waals surface area contributed by atoms with Gasteiger partial charge >= 0.3 is 37.4 Å². The van der Waals surface area contributed by atoms with Gasteiger partial charge in [0.1, 0.15) is 0 Å². The SMILES string of the molecule is N.N.N.O=P(O)(O)O.[NaH]. The molecule has 0 aliphatic carbocycles. The summed E-state index contributed by atoms with van der Waals surface area (Å²) in [5.74, 6) is 0. The summed E-state index contributed by atoms with van der Waals surface area (Å²) in [4.78, 5) is 21.6. The maximum absolute atomic E-state index is 8.88. The van der Waals surface area contributed by atoms with E-state index in [0.29, 0.717) is 0 Å². The van der Waals surface area contributed by atoms with Crippen molar-refractivity contribution in [2.24, 2.45) is 0 Å². The Morgan fingerprint density at radius 1 is 0.889 bits per heavy atom. The van der Waals surface area contributed by atoms with E-state index in [9.17, 15) is 0 Å². The Labute approximate surface area is 75.1 Å². The number of rotatable bonds is 0. The minimum atomic E-state index is -4.64.